The molecule has 9 heteroatoms. The number of fused-ring (bicyclic) bond motifs is 2. The maximum absolute atomic E-state index is 14.3. The van der Waals surface area contributed by atoms with Crippen molar-refractivity contribution in [2.24, 2.45) is 5.73 Å². The number of rotatable bonds is 6. The number of ether oxygens (including phenoxy) is 1. The van der Waals surface area contributed by atoms with Gasteiger partial charge in [0.05, 0.1) is 23.6 Å². The summed E-state index contributed by atoms with van der Waals surface area (Å²) in [7, 11) is 0. The molecule has 4 N–H and O–H groups in total. The van der Waals surface area contributed by atoms with Gasteiger partial charge in [0.2, 0.25) is 0 Å². The fourth-order valence-corrected chi connectivity index (χ4v) is 5.61. The van der Waals surface area contributed by atoms with E-state index in [0.717, 1.165) is 32.6 Å². The average molecular weight is 529 g/mol. The minimum absolute atomic E-state index is 0.0658. The van der Waals surface area contributed by atoms with Crippen LogP contribution in [-0.2, 0) is 0 Å². The first-order chi connectivity index (χ1) is 18.4. The molecule has 6 aromatic rings. The van der Waals surface area contributed by atoms with Crippen LogP contribution in [-0.4, -0.2) is 26.3 Å². The fraction of sp³-hybridized carbons (Fsp3) is 0.103. The number of hydrogen-bond acceptors (Lipinski definition) is 6. The van der Waals surface area contributed by atoms with Crippen LogP contribution >= 0.6 is 11.3 Å². The number of hydrogen-bond donors (Lipinski definition) is 3. The second-order valence-corrected chi connectivity index (χ2v) is 10.0. The number of nitrogens with zero attached hydrogens (tertiary/aromatic N) is 2. The van der Waals surface area contributed by atoms with E-state index in [1.54, 1.807) is 23.6 Å². The predicted octanol–water partition coefficient (Wildman–Crippen LogP) is 6.96. The quantitative estimate of drug-likeness (QED) is 0.217. The van der Waals surface area contributed by atoms with E-state index < -0.39 is 23.5 Å². The number of nitrogens with two attached hydrogens (primary N) is 1. The van der Waals surface area contributed by atoms with Gasteiger partial charge in [0.25, 0.3) is 0 Å². The van der Waals surface area contributed by atoms with Crippen LogP contribution < -0.4 is 10.5 Å². The van der Waals surface area contributed by atoms with Crippen molar-refractivity contribution >= 4 is 32.3 Å². The van der Waals surface area contributed by atoms with E-state index in [1.807, 2.05) is 54.8 Å². The van der Waals surface area contributed by atoms with Crippen LogP contribution in [0.1, 0.15) is 18.6 Å². The van der Waals surface area contributed by atoms with E-state index >= 15 is 0 Å². The number of nitrogens with one attached hydrogen (secondary N) is 1. The van der Waals surface area contributed by atoms with Crippen molar-refractivity contribution in [1.29, 1.82) is 0 Å². The van der Waals surface area contributed by atoms with Crippen LogP contribution in [0.25, 0.3) is 43.4 Å². The van der Waals surface area contributed by atoms with Crippen LogP contribution in [0.15, 0.2) is 78.4 Å². The number of halogens is 2. The first-order valence-electron chi connectivity index (χ1n) is 11.9. The summed E-state index contributed by atoms with van der Waals surface area (Å²) in [6.45, 7) is 1.88. The Morgan fingerprint density at radius 1 is 1.03 bits per heavy atom. The third-order valence-electron chi connectivity index (χ3n) is 6.46. The zero-order chi connectivity index (χ0) is 26.4. The number of phenolic OH excluding ortho intramolecular Hbond substituents is 1. The van der Waals surface area contributed by atoms with Crippen molar-refractivity contribution in [2.45, 2.75) is 19.1 Å². The number of benzene rings is 3. The molecule has 0 spiro atoms. The van der Waals surface area contributed by atoms with Crippen molar-refractivity contribution in [3.63, 3.8) is 0 Å². The smallest absolute Gasteiger partial charge is 0.168 e. The highest BCUT2D eigenvalue weighted by Gasteiger charge is 2.24. The maximum Gasteiger partial charge on any atom is 0.168 e. The molecule has 3 aromatic carbocycles. The molecule has 0 amide bonds. The highest BCUT2D eigenvalue weighted by molar-refractivity contribution is 7.17. The number of pyridine rings is 1. The lowest BCUT2D eigenvalue weighted by atomic mass is 9.97. The van der Waals surface area contributed by atoms with Gasteiger partial charge >= 0.3 is 0 Å². The standard InChI is InChI=1S/C29H22F2N4O2S/c1-15(32)29(23-14-38-26-5-3-2-4-20(23)26)37-19-11-21(16-6-7-25-17(8-16)12-34-35-25)27(33-13-19)22-9-18(30)10-24(31)28(22)36/h2-15,29,36H,32H2,1H3,(H,34,35)/t15-,29?/m0/s1. The molecule has 0 aliphatic heterocycles. The number of thiophene rings is 1. The lowest BCUT2D eigenvalue weighted by molar-refractivity contribution is 0.182. The lowest BCUT2D eigenvalue weighted by Gasteiger charge is -2.23. The van der Waals surface area contributed by atoms with E-state index in [2.05, 4.69) is 15.2 Å². The van der Waals surface area contributed by atoms with Crippen LogP contribution in [0.2, 0.25) is 0 Å². The molecule has 3 aromatic heterocycles. The molecule has 2 atom stereocenters. The Labute approximate surface area is 220 Å². The van der Waals surface area contributed by atoms with E-state index in [0.29, 0.717) is 22.9 Å². The highest BCUT2D eigenvalue weighted by atomic mass is 32.1. The van der Waals surface area contributed by atoms with Gasteiger partial charge in [-0.25, -0.2) is 8.78 Å². The molecule has 0 radical (unpaired) electrons. The fourth-order valence-electron chi connectivity index (χ4n) is 4.62. The number of aromatic hydroxyl groups is 1. The molecule has 0 saturated heterocycles. The molecule has 6 rings (SSSR count). The molecule has 0 aliphatic carbocycles. The monoisotopic (exact) mass is 528 g/mol. The molecule has 0 saturated carbocycles. The summed E-state index contributed by atoms with van der Waals surface area (Å²) in [4.78, 5) is 4.51. The molecule has 6 nitrogen and oxygen atoms in total. The van der Waals surface area contributed by atoms with Crippen LogP contribution in [0.4, 0.5) is 8.78 Å². The van der Waals surface area contributed by atoms with Gasteiger partial charge in [0, 0.05) is 38.9 Å². The molecule has 0 fully saturated rings. The van der Waals surface area contributed by atoms with Gasteiger partial charge in [-0.3, -0.25) is 10.1 Å². The van der Waals surface area contributed by atoms with Gasteiger partial charge in [-0.15, -0.1) is 11.3 Å². The van der Waals surface area contributed by atoms with Crippen molar-refractivity contribution < 1.29 is 18.6 Å². The van der Waals surface area contributed by atoms with Crippen molar-refractivity contribution in [1.82, 2.24) is 15.2 Å². The highest BCUT2D eigenvalue weighted by Crippen LogP contribution is 2.41. The van der Waals surface area contributed by atoms with Gasteiger partial charge in [0.15, 0.2) is 11.6 Å². The van der Waals surface area contributed by atoms with E-state index in [-0.39, 0.29) is 17.3 Å². The molecular formula is C29H22F2N4O2S. The van der Waals surface area contributed by atoms with Gasteiger partial charge < -0.3 is 15.6 Å². The number of H-pyrrole nitrogens is 1. The van der Waals surface area contributed by atoms with Crippen molar-refractivity contribution in [3.8, 4) is 33.9 Å². The minimum atomic E-state index is -1.07. The van der Waals surface area contributed by atoms with Crippen molar-refractivity contribution in [3.05, 3.63) is 95.6 Å². The zero-order valence-corrected chi connectivity index (χ0v) is 21.0. The largest absolute Gasteiger partial charge is 0.504 e. The Balaban J connectivity index is 1.49. The second-order valence-electron chi connectivity index (χ2n) is 9.11. The van der Waals surface area contributed by atoms with Gasteiger partial charge in [-0.05, 0) is 53.6 Å². The summed E-state index contributed by atoms with van der Waals surface area (Å²) in [5.41, 5.74) is 9.53. The normalized spacial score (nSPS) is 13.2. The van der Waals surface area contributed by atoms with Crippen LogP contribution in [0.5, 0.6) is 11.5 Å². The van der Waals surface area contributed by atoms with E-state index in [4.69, 9.17) is 10.5 Å². The average Bonchev–Trinajstić information content (AvgIpc) is 3.56. The Morgan fingerprint density at radius 3 is 2.71 bits per heavy atom. The predicted molar refractivity (Wildman–Crippen MR) is 145 cm³/mol. The Morgan fingerprint density at radius 2 is 1.87 bits per heavy atom. The van der Waals surface area contributed by atoms with Crippen molar-refractivity contribution in [2.75, 3.05) is 0 Å². The molecule has 190 valence electrons. The molecule has 38 heavy (non-hydrogen) atoms. The summed E-state index contributed by atoms with van der Waals surface area (Å²) < 4.78 is 36.0. The molecule has 1 unspecified atom stereocenters. The third kappa shape index (κ3) is 4.25. The molecular weight excluding hydrogens is 506 g/mol. The Hall–Kier alpha value is -4.34. The van der Waals surface area contributed by atoms with E-state index in [9.17, 15) is 13.9 Å². The molecule has 3 heterocycles. The summed E-state index contributed by atoms with van der Waals surface area (Å²) in [5, 5.41) is 21.4. The first kappa shape index (κ1) is 24.0. The maximum atomic E-state index is 14.3. The number of phenols is 1. The summed E-state index contributed by atoms with van der Waals surface area (Å²) in [6, 6.07) is 16.7. The molecule has 0 bridgehead atoms. The zero-order valence-electron chi connectivity index (χ0n) is 20.2. The summed E-state index contributed by atoms with van der Waals surface area (Å²) in [5.74, 6) is -2.16. The Bertz CT molecular complexity index is 1800. The number of aromatic amines is 1. The lowest BCUT2D eigenvalue weighted by Crippen LogP contribution is -2.29. The summed E-state index contributed by atoms with van der Waals surface area (Å²) in [6.07, 6.45) is 2.68. The van der Waals surface area contributed by atoms with Gasteiger partial charge in [-0.2, -0.15) is 5.10 Å². The Kier molecular flexibility index (Phi) is 6.01. The second kappa shape index (κ2) is 9.51. The first-order valence-corrected chi connectivity index (χ1v) is 12.8. The van der Waals surface area contributed by atoms with Crippen LogP contribution in [0, 0.1) is 11.6 Å². The van der Waals surface area contributed by atoms with Crippen LogP contribution in [0.3, 0.4) is 0 Å². The number of aromatic nitrogens is 3. The van der Waals surface area contributed by atoms with Gasteiger partial charge in [0.1, 0.15) is 17.7 Å². The van der Waals surface area contributed by atoms with E-state index in [1.165, 1.54) is 6.20 Å². The molecule has 0 aliphatic rings. The van der Waals surface area contributed by atoms with Gasteiger partial charge in [-0.1, -0.05) is 24.3 Å². The third-order valence-corrected chi connectivity index (χ3v) is 7.44. The minimum Gasteiger partial charge on any atom is -0.504 e. The summed E-state index contributed by atoms with van der Waals surface area (Å²) >= 11 is 1.62. The topological polar surface area (TPSA) is 97.0 Å². The SMILES string of the molecule is C[C@H](N)C(Oc1cnc(-c2cc(F)cc(F)c2O)c(-c2ccc3[nH]ncc3c2)c1)c1csc2ccccc12.